The van der Waals surface area contributed by atoms with E-state index in [1.807, 2.05) is 38.1 Å². The number of nitrogens with two attached hydrogens (primary N) is 1. The Morgan fingerprint density at radius 1 is 1.36 bits per heavy atom. The predicted molar refractivity (Wildman–Crippen MR) is 95.9 cm³/mol. The van der Waals surface area contributed by atoms with Gasteiger partial charge in [-0.3, -0.25) is 14.3 Å². The minimum Gasteiger partial charge on any atom is -0.497 e. The monoisotopic (exact) mass is 361 g/mol. The van der Waals surface area contributed by atoms with Gasteiger partial charge in [0.2, 0.25) is 5.95 Å². The van der Waals surface area contributed by atoms with E-state index in [0.29, 0.717) is 10.8 Å². The Morgan fingerprint density at radius 2 is 2.16 bits per heavy atom. The molecule has 8 nitrogen and oxygen atoms in total. The van der Waals surface area contributed by atoms with Crippen LogP contribution >= 0.6 is 11.8 Å². The molecule has 3 rings (SSSR count). The Bertz CT molecular complexity index is 951. The first-order valence-corrected chi connectivity index (χ1v) is 8.49. The lowest BCUT2D eigenvalue weighted by Crippen LogP contribution is -2.14. The molecule has 0 aliphatic carbocycles. The van der Waals surface area contributed by atoms with Crippen molar-refractivity contribution in [3.8, 4) is 5.75 Å². The Morgan fingerprint density at radius 3 is 2.88 bits per heavy atom. The van der Waals surface area contributed by atoms with Crippen LogP contribution in [0.2, 0.25) is 0 Å². The van der Waals surface area contributed by atoms with Crippen LogP contribution in [0.1, 0.15) is 13.8 Å². The number of nitrogens with one attached hydrogen (secondary N) is 1. The van der Waals surface area contributed by atoms with E-state index < -0.39 is 0 Å². The summed E-state index contributed by atoms with van der Waals surface area (Å²) < 4.78 is 12.7. The van der Waals surface area contributed by atoms with E-state index in [0.717, 1.165) is 10.6 Å². The van der Waals surface area contributed by atoms with Gasteiger partial charge in [0.15, 0.2) is 16.3 Å². The molecule has 25 heavy (non-hydrogen) atoms. The second-order valence-electron chi connectivity index (χ2n) is 5.57. The molecule has 1 aromatic carbocycles. The number of benzene rings is 1. The van der Waals surface area contributed by atoms with Gasteiger partial charge in [0, 0.05) is 4.90 Å². The summed E-state index contributed by atoms with van der Waals surface area (Å²) in [5.41, 5.74) is 5.93. The lowest BCUT2D eigenvalue weighted by molar-refractivity contribution is 0.0262. The Balaban J connectivity index is 2.07. The topological polar surface area (TPSA) is 108 Å². The smallest absolute Gasteiger partial charge is 0.280 e. The number of nitrogens with zero attached hydrogens (tertiary/aromatic N) is 3. The fraction of sp³-hybridized carbons (Fsp3) is 0.312. The molecule has 0 aliphatic heterocycles. The minimum atomic E-state index is -0.377. The maximum atomic E-state index is 12.1. The minimum absolute atomic E-state index is 0.0199. The van der Waals surface area contributed by atoms with Crippen LogP contribution in [0.4, 0.5) is 5.95 Å². The van der Waals surface area contributed by atoms with E-state index in [4.69, 9.17) is 15.2 Å². The van der Waals surface area contributed by atoms with Crippen molar-refractivity contribution in [2.45, 2.75) is 36.7 Å². The number of ether oxygens (including phenoxy) is 2. The van der Waals surface area contributed by atoms with Crippen molar-refractivity contribution in [2.75, 3.05) is 12.8 Å². The number of aromatic nitrogens is 4. The molecule has 0 unspecified atom stereocenters. The molecule has 2 heterocycles. The van der Waals surface area contributed by atoms with Crippen molar-refractivity contribution in [1.82, 2.24) is 19.5 Å². The number of rotatable bonds is 6. The zero-order valence-electron chi connectivity index (χ0n) is 14.1. The summed E-state index contributed by atoms with van der Waals surface area (Å²) >= 11 is 1.39. The van der Waals surface area contributed by atoms with Gasteiger partial charge in [-0.2, -0.15) is 4.98 Å². The number of nitrogen functional groups attached to an aromatic ring is 1. The highest BCUT2D eigenvalue weighted by Crippen LogP contribution is 2.31. The third kappa shape index (κ3) is 3.77. The third-order valence-electron chi connectivity index (χ3n) is 3.38. The maximum absolute atomic E-state index is 12.1. The Hall–Kier alpha value is -2.52. The first-order valence-electron chi connectivity index (χ1n) is 7.67. The second-order valence-corrected chi connectivity index (χ2v) is 6.61. The standard InChI is InChI=1S/C16H19N5O3S/c1-9(2)24-8-21-13-12(14(22)20-15(17)19-13)18-16(21)25-11-6-4-5-10(7-11)23-3/h4-7,9H,8H2,1-3H3,(H3,17,19,20,22). The predicted octanol–water partition coefficient (Wildman–Crippen LogP) is 2.24. The lowest BCUT2D eigenvalue weighted by atomic mass is 10.3. The molecule has 0 aliphatic rings. The van der Waals surface area contributed by atoms with Gasteiger partial charge in [-0.1, -0.05) is 17.8 Å². The molecular weight excluding hydrogens is 342 g/mol. The van der Waals surface area contributed by atoms with Gasteiger partial charge in [-0.15, -0.1) is 0 Å². The van der Waals surface area contributed by atoms with Crippen LogP contribution in [0, 0.1) is 0 Å². The van der Waals surface area contributed by atoms with Gasteiger partial charge in [0.05, 0.1) is 13.2 Å². The van der Waals surface area contributed by atoms with Gasteiger partial charge in [0.1, 0.15) is 12.5 Å². The molecule has 9 heteroatoms. The van der Waals surface area contributed by atoms with Crippen LogP contribution in [0.25, 0.3) is 11.2 Å². The van der Waals surface area contributed by atoms with Gasteiger partial charge in [-0.25, -0.2) is 4.98 Å². The van der Waals surface area contributed by atoms with Gasteiger partial charge >= 0.3 is 0 Å². The lowest BCUT2D eigenvalue weighted by Gasteiger charge is -2.11. The highest BCUT2D eigenvalue weighted by molar-refractivity contribution is 7.99. The molecule has 2 aromatic heterocycles. The molecule has 132 valence electrons. The van der Waals surface area contributed by atoms with E-state index >= 15 is 0 Å². The van der Waals surface area contributed by atoms with Gasteiger partial charge in [-0.05, 0) is 32.0 Å². The third-order valence-corrected chi connectivity index (χ3v) is 4.36. The summed E-state index contributed by atoms with van der Waals surface area (Å²) in [5.74, 6) is 0.785. The van der Waals surface area contributed by atoms with E-state index in [1.165, 1.54) is 11.8 Å². The zero-order chi connectivity index (χ0) is 18.0. The van der Waals surface area contributed by atoms with E-state index in [9.17, 15) is 4.79 Å². The summed E-state index contributed by atoms with van der Waals surface area (Å²) in [6.45, 7) is 4.08. The largest absolute Gasteiger partial charge is 0.497 e. The van der Waals surface area contributed by atoms with Gasteiger partial charge in [0.25, 0.3) is 5.56 Å². The van der Waals surface area contributed by atoms with E-state index in [2.05, 4.69) is 15.0 Å². The molecule has 0 saturated heterocycles. The first kappa shape index (κ1) is 17.3. The number of anilines is 1. The fourth-order valence-corrected chi connectivity index (χ4v) is 3.11. The Labute approximate surface area is 148 Å². The molecular formula is C16H19N5O3S. The van der Waals surface area contributed by atoms with Crippen LogP contribution in [0.15, 0.2) is 39.1 Å². The number of methoxy groups -OCH3 is 1. The van der Waals surface area contributed by atoms with Crippen molar-refractivity contribution < 1.29 is 9.47 Å². The maximum Gasteiger partial charge on any atom is 0.280 e. The van der Waals surface area contributed by atoms with Crippen LogP contribution in [-0.4, -0.2) is 32.7 Å². The van der Waals surface area contributed by atoms with Crippen molar-refractivity contribution >= 4 is 28.9 Å². The number of imidazole rings is 1. The van der Waals surface area contributed by atoms with Crippen molar-refractivity contribution in [3.05, 3.63) is 34.6 Å². The van der Waals surface area contributed by atoms with Gasteiger partial charge < -0.3 is 15.2 Å². The van der Waals surface area contributed by atoms with Crippen LogP contribution in [0.5, 0.6) is 5.75 Å². The molecule has 0 fully saturated rings. The Kier molecular flexibility index (Phi) is 4.95. The SMILES string of the molecule is COc1cccc(Sc2nc3c(=O)[nH]c(N)nc3n2COC(C)C)c1. The summed E-state index contributed by atoms with van der Waals surface area (Å²) in [6, 6.07) is 7.58. The summed E-state index contributed by atoms with van der Waals surface area (Å²) in [4.78, 5) is 24.2. The number of fused-ring (bicyclic) bond motifs is 1. The first-order chi connectivity index (χ1) is 12.0. The molecule has 0 spiro atoms. The number of aromatic amines is 1. The highest BCUT2D eigenvalue weighted by Gasteiger charge is 2.17. The number of H-pyrrole nitrogens is 1. The second kappa shape index (κ2) is 7.16. The normalized spacial score (nSPS) is 11.4. The molecule has 0 bridgehead atoms. The van der Waals surface area contributed by atoms with Crippen LogP contribution in [-0.2, 0) is 11.5 Å². The molecule has 0 saturated carbocycles. The van der Waals surface area contributed by atoms with Crippen molar-refractivity contribution in [1.29, 1.82) is 0 Å². The fourth-order valence-electron chi connectivity index (χ4n) is 2.20. The van der Waals surface area contributed by atoms with E-state index in [-0.39, 0.29) is 29.9 Å². The molecule has 3 aromatic rings. The number of hydrogen-bond acceptors (Lipinski definition) is 7. The molecule has 0 amide bonds. The average Bonchev–Trinajstić information content (AvgIpc) is 2.90. The van der Waals surface area contributed by atoms with E-state index in [1.54, 1.807) is 11.7 Å². The van der Waals surface area contributed by atoms with Crippen molar-refractivity contribution in [3.63, 3.8) is 0 Å². The highest BCUT2D eigenvalue weighted by atomic mass is 32.2. The molecule has 3 N–H and O–H groups in total. The van der Waals surface area contributed by atoms with Crippen LogP contribution < -0.4 is 16.0 Å². The summed E-state index contributed by atoms with van der Waals surface area (Å²) in [7, 11) is 1.61. The molecule has 0 atom stereocenters. The summed E-state index contributed by atoms with van der Waals surface area (Å²) in [5, 5.41) is 0.590. The molecule has 0 radical (unpaired) electrons. The van der Waals surface area contributed by atoms with Crippen molar-refractivity contribution in [2.24, 2.45) is 0 Å². The van der Waals surface area contributed by atoms with Crippen LogP contribution in [0.3, 0.4) is 0 Å². The average molecular weight is 361 g/mol. The number of hydrogen-bond donors (Lipinski definition) is 2. The zero-order valence-corrected chi connectivity index (χ0v) is 15.0. The summed E-state index contributed by atoms with van der Waals surface area (Å²) in [6.07, 6.45) is 0.0199. The quantitative estimate of drug-likeness (QED) is 0.693.